The van der Waals surface area contributed by atoms with E-state index in [4.69, 9.17) is 0 Å². The van der Waals surface area contributed by atoms with Crippen LogP contribution in [0.1, 0.15) is 20.3 Å². The monoisotopic (exact) mass is 249 g/mol. The first-order chi connectivity index (χ1) is 8.20. The minimum atomic E-state index is 0.407. The van der Waals surface area contributed by atoms with E-state index in [2.05, 4.69) is 52.5 Å². The van der Waals surface area contributed by atoms with E-state index in [0.29, 0.717) is 6.04 Å². The molecule has 0 amide bonds. The molecule has 0 aliphatic heterocycles. The summed E-state index contributed by atoms with van der Waals surface area (Å²) in [6.45, 7) is 11.6. The minimum Gasteiger partial charge on any atom is -0.283 e. The zero-order chi connectivity index (χ0) is 13.3. The van der Waals surface area contributed by atoms with Gasteiger partial charge in [0.1, 0.15) is 0 Å². The van der Waals surface area contributed by atoms with Crippen molar-refractivity contribution in [2.45, 2.75) is 26.3 Å². The lowest BCUT2D eigenvalue weighted by Gasteiger charge is -2.28. The Morgan fingerprint density at radius 1 is 1.47 bits per heavy atom. The van der Waals surface area contributed by atoms with Gasteiger partial charge in [-0.15, -0.1) is 0 Å². The second kappa shape index (κ2) is 9.15. The minimum absolute atomic E-state index is 0.407. The summed E-state index contributed by atoms with van der Waals surface area (Å²) in [4.78, 5) is 0. The van der Waals surface area contributed by atoms with Gasteiger partial charge in [-0.1, -0.05) is 72.9 Å². The van der Waals surface area contributed by atoms with Gasteiger partial charge in [-0.3, -0.25) is 4.67 Å². The van der Waals surface area contributed by atoms with E-state index in [1.807, 2.05) is 26.0 Å². The molecule has 0 N–H and O–H groups in total. The summed E-state index contributed by atoms with van der Waals surface area (Å²) < 4.78 is 2.15. The van der Waals surface area contributed by atoms with Crippen molar-refractivity contribution in [3.05, 3.63) is 60.8 Å². The Labute approximate surface area is 109 Å². The molecule has 1 nitrogen and oxygen atoms in total. The quantitative estimate of drug-likeness (QED) is 0.530. The highest BCUT2D eigenvalue weighted by molar-refractivity contribution is 7.13. The van der Waals surface area contributed by atoms with Gasteiger partial charge in [0.2, 0.25) is 0 Å². The van der Waals surface area contributed by atoms with E-state index in [1.165, 1.54) is 5.57 Å². The van der Waals surface area contributed by atoms with Crippen LogP contribution in [-0.4, -0.2) is 17.8 Å². The summed E-state index contributed by atoms with van der Waals surface area (Å²) in [5.74, 6) is 0. The van der Waals surface area contributed by atoms with Gasteiger partial charge in [-0.25, -0.2) is 0 Å². The molecule has 2 atom stereocenters. The van der Waals surface area contributed by atoms with Gasteiger partial charge in [0.15, 0.2) is 0 Å². The Morgan fingerprint density at radius 2 is 2.12 bits per heavy atom. The molecule has 0 saturated heterocycles. The molecule has 0 heterocycles. The number of hydrogen-bond acceptors (Lipinski definition) is 1. The molecular weight excluding hydrogens is 225 g/mol. The topological polar surface area (TPSA) is 3.24 Å². The molecule has 94 valence electrons. The second-order valence-electron chi connectivity index (χ2n) is 3.53. The lowest BCUT2D eigenvalue weighted by molar-refractivity contribution is 0.460. The molecular formula is C15H24NP. The maximum atomic E-state index is 3.84. The Kier molecular flexibility index (Phi) is 8.66. The normalized spacial score (nSPS) is 19.2. The van der Waals surface area contributed by atoms with Crippen LogP contribution in [0.25, 0.3) is 0 Å². The van der Waals surface area contributed by atoms with Gasteiger partial charge in [0, 0.05) is 6.04 Å². The number of hydrogen-bond donors (Lipinski definition) is 0. The predicted octanol–water partition coefficient (Wildman–Crippen LogP) is 4.29. The van der Waals surface area contributed by atoms with E-state index in [9.17, 15) is 0 Å². The van der Waals surface area contributed by atoms with Crippen molar-refractivity contribution in [1.82, 2.24) is 4.67 Å². The van der Waals surface area contributed by atoms with Gasteiger partial charge >= 0.3 is 0 Å². The summed E-state index contributed by atoms with van der Waals surface area (Å²) in [7, 11) is 4.79. The van der Waals surface area contributed by atoms with Crippen molar-refractivity contribution < 1.29 is 0 Å². The lowest BCUT2D eigenvalue weighted by atomic mass is 9.92. The first-order valence-corrected chi connectivity index (χ1v) is 6.52. The molecule has 0 bridgehead atoms. The highest BCUT2D eigenvalue weighted by Crippen LogP contribution is 2.27. The fourth-order valence-corrected chi connectivity index (χ4v) is 1.98. The summed E-state index contributed by atoms with van der Waals surface area (Å²) >= 11 is 0. The van der Waals surface area contributed by atoms with Crippen molar-refractivity contribution in [3.63, 3.8) is 0 Å². The fraction of sp³-hybridized carbons (Fsp3) is 0.333. The number of rotatable bonds is 4. The van der Waals surface area contributed by atoms with Crippen LogP contribution < -0.4 is 0 Å². The largest absolute Gasteiger partial charge is 0.283 e. The lowest BCUT2D eigenvalue weighted by Crippen LogP contribution is -2.26. The number of nitrogens with zero attached hydrogens (tertiary/aromatic N) is 1. The SMILES string of the molecule is C=C/C=C(\C=C)C1=CC=CCC1N(C)P.CC. The molecule has 0 aromatic rings. The standard InChI is InChI=1S/C13H18NP.C2H6/c1-4-8-11(5-2)12-9-6-7-10-13(12)14(3)15;1-2/h4-9,13H,1-2,10,15H2,3H3;1-2H3/b11-8+;. The second-order valence-corrected chi connectivity index (χ2v) is 4.34. The molecule has 1 rings (SSSR count). The maximum absolute atomic E-state index is 3.84. The molecule has 0 aromatic carbocycles. The van der Waals surface area contributed by atoms with Gasteiger partial charge in [0.25, 0.3) is 0 Å². The van der Waals surface area contributed by atoms with Gasteiger partial charge in [0.05, 0.1) is 0 Å². The molecule has 0 spiro atoms. The molecule has 2 unspecified atom stereocenters. The molecule has 0 radical (unpaired) electrons. The Hall–Kier alpha value is -0.910. The zero-order valence-electron chi connectivity index (χ0n) is 11.2. The third kappa shape index (κ3) is 4.85. The van der Waals surface area contributed by atoms with E-state index < -0.39 is 0 Å². The summed E-state index contributed by atoms with van der Waals surface area (Å²) in [6, 6.07) is 0.407. The van der Waals surface area contributed by atoms with Crippen LogP contribution in [0.3, 0.4) is 0 Å². The van der Waals surface area contributed by atoms with Crippen LogP contribution in [0.5, 0.6) is 0 Å². The Balaban J connectivity index is 0.00000121. The van der Waals surface area contributed by atoms with E-state index in [-0.39, 0.29) is 0 Å². The van der Waals surface area contributed by atoms with Gasteiger partial charge in [-0.2, -0.15) is 0 Å². The van der Waals surface area contributed by atoms with Crippen molar-refractivity contribution in [2.24, 2.45) is 0 Å². The molecule has 1 aliphatic rings. The molecule has 17 heavy (non-hydrogen) atoms. The number of likely N-dealkylation sites (N-methyl/N-ethyl adjacent to an activating group) is 1. The van der Waals surface area contributed by atoms with E-state index >= 15 is 0 Å². The number of allylic oxidation sites excluding steroid dienone is 5. The molecule has 2 heteroatoms. The predicted molar refractivity (Wildman–Crippen MR) is 82.9 cm³/mol. The Morgan fingerprint density at radius 3 is 2.59 bits per heavy atom. The van der Waals surface area contributed by atoms with Gasteiger partial charge in [-0.05, 0) is 24.6 Å². The molecule has 0 aromatic heterocycles. The van der Waals surface area contributed by atoms with Crippen molar-refractivity contribution in [3.8, 4) is 0 Å². The summed E-state index contributed by atoms with van der Waals surface area (Å²) in [5, 5.41) is 0. The maximum Gasteiger partial charge on any atom is 0.0417 e. The summed E-state index contributed by atoms with van der Waals surface area (Å²) in [6.07, 6.45) is 13.1. The third-order valence-corrected chi connectivity index (χ3v) is 2.83. The van der Waals surface area contributed by atoms with Gasteiger partial charge < -0.3 is 0 Å². The molecule has 1 aliphatic carbocycles. The first kappa shape index (κ1) is 16.1. The van der Waals surface area contributed by atoms with E-state index in [1.54, 1.807) is 6.08 Å². The highest BCUT2D eigenvalue weighted by atomic mass is 31.0. The molecule has 0 fully saturated rings. The van der Waals surface area contributed by atoms with Crippen molar-refractivity contribution in [1.29, 1.82) is 0 Å². The smallest absolute Gasteiger partial charge is 0.0417 e. The zero-order valence-corrected chi connectivity index (χ0v) is 12.3. The highest BCUT2D eigenvalue weighted by Gasteiger charge is 2.18. The summed E-state index contributed by atoms with van der Waals surface area (Å²) in [5.41, 5.74) is 2.44. The van der Waals surface area contributed by atoms with Crippen molar-refractivity contribution >= 4 is 9.39 Å². The van der Waals surface area contributed by atoms with Crippen LogP contribution in [0.15, 0.2) is 60.8 Å². The van der Waals surface area contributed by atoms with Crippen LogP contribution in [-0.2, 0) is 0 Å². The third-order valence-electron chi connectivity index (χ3n) is 2.47. The first-order valence-electron chi connectivity index (χ1n) is 6.00. The average Bonchev–Trinajstić information content (AvgIpc) is 2.38. The Bertz CT molecular complexity index is 335. The van der Waals surface area contributed by atoms with Crippen LogP contribution in [0, 0.1) is 0 Å². The fourth-order valence-electron chi connectivity index (χ4n) is 1.70. The van der Waals surface area contributed by atoms with E-state index in [0.717, 1.165) is 12.0 Å². The van der Waals surface area contributed by atoms with Crippen LogP contribution >= 0.6 is 9.39 Å². The van der Waals surface area contributed by atoms with Crippen LogP contribution in [0.4, 0.5) is 0 Å². The van der Waals surface area contributed by atoms with Crippen molar-refractivity contribution in [2.75, 3.05) is 7.05 Å². The average molecular weight is 249 g/mol. The van der Waals surface area contributed by atoms with Crippen LogP contribution in [0.2, 0.25) is 0 Å². The molecule has 0 saturated carbocycles.